The van der Waals surface area contributed by atoms with Crippen LogP contribution >= 0.6 is 0 Å². The zero-order chi connectivity index (χ0) is 5.58. The minimum Gasteiger partial charge on any atom is -0.235 e. The second-order valence-corrected chi connectivity index (χ2v) is 0.247. The summed E-state index contributed by atoms with van der Waals surface area (Å²) in [5, 5.41) is 0. The van der Waals surface area contributed by atoms with E-state index in [0.717, 1.165) is 0 Å². The largest absolute Gasteiger partial charge is 0.379 e. The smallest absolute Gasteiger partial charge is 0.235 e. The van der Waals surface area contributed by atoms with E-state index in [4.69, 9.17) is 4.78 Å². The molecule has 0 aliphatic heterocycles. The lowest BCUT2D eigenvalue weighted by atomic mass is 11.6. The van der Waals surface area contributed by atoms with Crippen LogP contribution in [0.4, 0.5) is 13.2 Å². The second kappa shape index (κ2) is 8.84. The van der Waals surface area contributed by atoms with Gasteiger partial charge in [-0.05, 0) is 0 Å². The van der Waals surface area contributed by atoms with E-state index >= 15 is 0 Å². The lowest BCUT2D eigenvalue weighted by Gasteiger charge is -1.65. The highest BCUT2D eigenvalue weighted by atomic mass is 32.1. The number of hydrogen-bond donors (Lipinski definition) is 1. The first-order valence-corrected chi connectivity index (χ1v) is 1.27. The molecule has 0 saturated heterocycles. The Bertz CT molecular complexity index is 22.0. The summed E-state index contributed by atoms with van der Waals surface area (Å²) in [6, 6.07) is 0. The van der Waals surface area contributed by atoms with Gasteiger partial charge in [0.1, 0.15) is 0 Å². The number of alkyl halides is 3. The molecule has 0 spiro atoms. The molecule has 0 atom stereocenters. The summed E-state index contributed by atoms with van der Waals surface area (Å²) < 4.78 is 34.3. The molecule has 0 radical (unpaired) electrons. The van der Waals surface area contributed by atoms with Gasteiger partial charge >= 0.3 is 6.68 Å². The van der Waals surface area contributed by atoms with E-state index in [1.165, 1.54) is 0 Å². The summed E-state index contributed by atoms with van der Waals surface area (Å²) >= 11 is 3.33. The summed E-state index contributed by atoms with van der Waals surface area (Å²) in [7, 11) is 0. The van der Waals surface area contributed by atoms with Gasteiger partial charge in [0, 0.05) is 12.4 Å². The first kappa shape index (κ1) is 9.26. The SMILES string of the molecule is FC(F)F.N=S. The zero-order valence-electron chi connectivity index (χ0n) is 2.62. The van der Waals surface area contributed by atoms with Crippen molar-refractivity contribution in [2.75, 3.05) is 0 Å². The van der Waals surface area contributed by atoms with Gasteiger partial charge in [-0.25, -0.2) is 4.78 Å². The molecule has 0 aromatic carbocycles. The maximum Gasteiger partial charge on any atom is 0.379 e. The van der Waals surface area contributed by atoms with Crippen LogP contribution in [0.15, 0.2) is 0 Å². The van der Waals surface area contributed by atoms with Crippen LogP contribution in [0.2, 0.25) is 0 Å². The van der Waals surface area contributed by atoms with Crippen LogP contribution in [-0.4, -0.2) is 6.68 Å². The highest BCUT2D eigenvalue weighted by Crippen LogP contribution is 1.87. The van der Waals surface area contributed by atoms with Crippen LogP contribution in [0.5, 0.6) is 0 Å². The number of rotatable bonds is 0. The fraction of sp³-hybridized carbons (Fsp3) is 1.00. The minimum absolute atomic E-state index is 3.33. The molecule has 38 valence electrons. The Balaban J connectivity index is 0. The third kappa shape index (κ3) is 833. The molecule has 0 aliphatic carbocycles. The van der Waals surface area contributed by atoms with Crippen LogP contribution in [0.3, 0.4) is 0 Å². The van der Waals surface area contributed by atoms with E-state index in [2.05, 4.69) is 12.4 Å². The summed E-state index contributed by atoms with van der Waals surface area (Å²) in [5.74, 6) is 0. The van der Waals surface area contributed by atoms with Gasteiger partial charge in [-0.3, -0.25) is 0 Å². The Hall–Kier alpha value is -0.190. The van der Waals surface area contributed by atoms with E-state index in [-0.39, 0.29) is 0 Å². The molecule has 0 saturated carbocycles. The predicted octanol–water partition coefficient (Wildman–Crippen LogP) is 1.47. The minimum atomic E-state index is -3.67. The third-order valence-corrected chi connectivity index (χ3v) is 0. The molecule has 5 heteroatoms. The molecule has 1 nitrogen and oxygen atoms in total. The van der Waals surface area contributed by atoms with Crippen LogP contribution in [0.25, 0.3) is 0 Å². The molecule has 0 bridgehead atoms. The standard InChI is InChI=1S/CHF3.HNS/c2-1(3)4;1-2/h1H;1H. The van der Waals surface area contributed by atoms with Crippen LogP contribution < -0.4 is 0 Å². The Morgan fingerprint density at radius 2 is 1.17 bits per heavy atom. The van der Waals surface area contributed by atoms with Gasteiger partial charge in [0.15, 0.2) is 0 Å². The molecule has 6 heavy (non-hydrogen) atoms. The van der Waals surface area contributed by atoms with E-state index in [1.807, 2.05) is 0 Å². The highest BCUT2D eigenvalue weighted by Gasteiger charge is 1.86. The maximum atomic E-state index is 9.67. The van der Waals surface area contributed by atoms with Crippen molar-refractivity contribution < 1.29 is 13.2 Å². The summed E-state index contributed by atoms with van der Waals surface area (Å²) in [4.78, 5) is 0. The van der Waals surface area contributed by atoms with Gasteiger partial charge < -0.3 is 0 Å². The van der Waals surface area contributed by atoms with Crippen molar-refractivity contribution in [3.05, 3.63) is 0 Å². The van der Waals surface area contributed by atoms with Gasteiger partial charge in [-0.1, -0.05) is 0 Å². The Morgan fingerprint density at radius 1 is 1.17 bits per heavy atom. The quantitative estimate of drug-likeness (QED) is 0.510. The van der Waals surface area contributed by atoms with Crippen molar-refractivity contribution in [1.82, 2.24) is 0 Å². The first-order chi connectivity index (χ1) is 2.73. The molecule has 0 unspecified atom stereocenters. The van der Waals surface area contributed by atoms with Gasteiger partial charge in [0.25, 0.3) is 0 Å². The average molecular weight is 117 g/mol. The monoisotopic (exact) mass is 117 g/mol. The van der Waals surface area contributed by atoms with E-state index < -0.39 is 6.68 Å². The lowest BCUT2D eigenvalue weighted by molar-refractivity contribution is 0.00819. The van der Waals surface area contributed by atoms with Crippen molar-refractivity contribution in [2.45, 2.75) is 6.68 Å². The van der Waals surface area contributed by atoms with Crippen molar-refractivity contribution in [3.63, 3.8) is 0 Å². The number of nitrogens with one attached hydrogen (secondary N) is 1. The molecule has 0 aromatic heterocycles. The van der Waals surface area contributed by atoms with Crippen LogP contribution in [0.1, 0.15) is 0 Å². The first-order valence-electron chi connectivity index (χ1n) is 0.859. The van der Waals surface area contributed by atoms with E-state index in [0.29, 0.717) is 0 Å². The maximum absolute atomic E-state index is 9.67. The fourth-order valence-electron chi connectivity index (χ4n) is 0. The lowest BCUT2D eigenvalue weighted by Crippen LogP contribution is -1.65. The van der Waals surface area contributed by atoms with E-state index in [1.54, 1.807) is 0 Å². The van der Waals surface area contributed by atoms with Gasteiger partial charge in [-0.2, -0.15) is 13.2 Å². The van der Waals surface area contributed by atoms with Crippen LogP contribution in [-0.2, 0) is 12.4 Å². The molecule has 1 N–H and O–H groups in total. The second-order valence-electron chi connectivity index (χ2n) is 0.247. The van der Waals surface area contributed by atoms with Crippen molar-refractivity contribution in [2.24, 2.45) is 0 Å². The van der Waals surface area contributed by atoms with Gasteiger partial charge in [0.2, 0.25) is 0 Å². The van der Waals surface area contributed by atoms with Gasteiger partial charge in [-0.15, -0.1) is 0 Å². The fourth-order valence-corrected chi connectivity index (χ4v) is 0. The third-order valence-electron chi connectivity index (χ3n) is 0. The Morgan fingerprint density at radius 3 is 1.17 bits per heavy atom. The van der Waals surface area contributed by atoms with Gasteiger partial charge in [0.05, 0.1) is 0 Å². The zero-order valence-corrected chi connectivity index (χ0v) is 3.44. The number of halogens is 3. The molecule has 0 aliphatic rings. The summed E-state index contributed by atoms with van der Waals surface area (Å²) in [6.45, 7) is -3.67. The molecule has 0 heterocycles. The van der Waals surface area contributed by atoms with Crippen LogP contribution in [0, 0.1) is 4.78 Å². The molecular formula is CH2F3NS. The average Bonchev–Trinajstić information content (AvgIpc) is 1.41. The molecule has 0 amide bonds. The normalized spacial score (nSPS) is 6.67. The van der Waals surface area contributed by atoms with Crippen molar-refractivity contribution in [3.8, 4) is 0 Å². The summed E-state index contributed by atoms with van der Waals surface area (Å²) in [6.07, 6.45) is 0. The predicted molar refractivity (Wildman–Crippen MR) is 17.2 cm³/mol. The molecule has 0 aromatic rings. The topological polar surface area (TPSA) is 23.9 Å². The highest BCUT2D eigenvalue weighted by molar-refractivity contribution is 7.45. The van der Waals surface area contributed by atoms with E-state index in [9.17, 15) is 13.2 Å². The van der Waals surface area contributed by atoms with Crippen molar-refractivity contribution in [1.29, 1.82) is 4.78 Å². The summed E-state index contributed by atoms with van der Waals surface area (Å²) in [5.41, 5.74) is 0. The molecular weight excluding hydrogens is 115 g/mol. The van der Waals surface area contributed by atoms with Crippen molar-refractivity contribution >= 4 is 12.4 Å². The Labute approximate surface area is 38.1 Å². The Kier molecular flexibility index (Phi) is 13.6. The number of hydrogen-bond acceptors (Lipinski definition) is 2. The molecule has 0 rings (SSSR count). The molecule has 0 fully saturated rings.